The summed E-state index contributed by atoms with van der Waals surface area (Å²) in [6, 6.07) is -1.07. The van der Waals surface area contributed by atoms with Crippen LogP contribution in [0.15, 0.2) is 35.5 Å². The number of ether oxygens (including phenoxy) is 2. The van der Waals surface area contributed by atoms with Gasteiger partial charge in [-0.05, 0) is 91.6 Å². The minimum absolute atomic E-state index is 0.179. The molecule has 0 aromatic carbocycles. The Bertz CT molecular complexity index is 867. The molecule has 0 bridgehead atoms. The number of nitrogens with one attached hydrogen (secondary N) is 1. The van der Waals surface area contributed by atoms with Gasteiger partial charge in [0.25, 0.3) is 0 Å². The van der Waals surface area contributed by atoms with E-state index in [4.69, 9.17) is 9.47 Å². The Labute approximate surface area is 215 Å². The molecule has 1 saturated heterocycles. The number of hydrogen-bond acceptors (Lipinski definition) is 5. The van der Waals surface area contributed by atoms with Crippen molar-refractivity contribution in [2.45, 2.75) is 104 Å². The lowest BCUT2D eigenvalue weighted by atomic mass is 9.89. The van der Waals surface area contributed by atoms with Crippen molar-refractivity contribution in [1.82, 2.24) is 10.2 Å². The van der Waals surface area contributed by atoms with Crippen LogP contribution < -0.4 is 5.32 Å². The molecule has 1 fully saturated rings. The van der Waals surface area contributed by atoms with Crippen LogP contribution in [0.25, 0.3) is 0 Å². The average Bonchev–Trinajstić information content (AvgIpc) is 2.72. The summed E-state index contributed by atoms with van der Waals surface area (Å²) in [5, 5.41) is 12.1. The summed E-state index contributed by atoms with van der Waals surface area (Å²) in [6.45, 7) is 12.3. The maximum absolute atomic E-state index is 12.3. The number of likely N-dealkylation sites (tertiary alicyclic amines) is 1. The van der Waals surface area contributed by atoms with Gasteiger partial charge in [-0.1, -0.05) is 29.9 Å². The van der Waals surface area contributed by atoms with E-state index in [0.29, 0.717) is 5.92 Å². The predicted molar refractivity (Wildman–Crippen MR) is 140 cm³/mol. The standard InChI is InChI=1S/C28H44N2O6/c1-27(2,3)35-25(33)29-23(24(31)32)19-22-10-8-7-9-20(13-14-22)11-12-21-15-17-30(18-16-21)26(34)36-28(4,5)6/h8,10,13-14,21,23H,7,9,11-12,15-19H2,1-6H3,(H,29,33)(H,31,32)/b10-8-,20-13+,22-14+/t23-/m0/s1. The average molecular weight is 505 g/mol. The van der Waals surface area contributed by atoms with Gasteiger partial charge in [0.1, 0.15) is 17.2 Å². The number of carbonyl (C=O) groups is 3. The minimum atomic E-state index is -1.10. The fraction of sp³-hybridized carbons (Fsp3) is 0.679. The zero-order valence-corrected chi connectivity index (χ0v) is 22.8. The molecule has 8 heteroatoms. The Morgan fingerprint density at radius 1 is 1.06 bits per heavy atom. The van der Waals surface area contributed by atoms with E-state index in [1.807, 2.05) is 32.9 Å². The second kappa shape index (κ2) is 13.0. The number of amides is 2. The number of allylic oxidation sites excluding steroid dienone is 5. The number of nitrogens with zero attached hydrogens (tertiary/aromatic N) is 1. The van der Waals surface area contributed by atoms with Crippen molar-refractivity contribution in [1.29, 1.82) is 0 Å². The number of carboxylic acids is 1. The van der Waals surface area contributed by atoms with E-state index in [-0.39, 0.29) is 12.5 Å². The van der Waals surface area contributed by atoms with Crippen molar-refractivity contribution in [3.05, 3.63) is 35.5 Å². The lowest BCUT2D eigenvalue weighted by Gasteiger charge is -2.33. The SMILES string of the molecule is CC(C)(C)OC(=O)N[C@@H](CC1=C/C=C(/CCC2CCN(C(=O)OC(C)(C)C)CC2)CC/C=C\1)C(=O)O. The summed E-state index contributed by atoms with van der Waals surface area (Å²) < 4.78 is 10.7. The summed E-state index contributed by atoms with van der Waals surface area (Å²) in [7, 11) is 0. The molecule has 1 atom stereocenters. The first kappa shape index (κ1) is 29.5. The molecule has 1 aliphatic carbocycles. The summed E-state index contributed by atoms with van der Waals surface area (Å²) >= 11 is 0. The Balaban J connectivity index is 1.89. The van der Waals surface area contributed by atoms with Crippen molar-refractivity contribution < 1.29 is 29.0 Å². The van der Waals surface area contributed by atoms with Gasteiger partial charge in [0, 0.05) is 19.5 Å². The van der Waals surface area contributed by atoms with Crippen LogP contribution in [0.3, 0.4) is 0 Å². The van der Waals surface area contributed by atoms with E-state index >= 15 is 0 Å². The number of carboxylic acid groups (broad SMARTS) is 1. The molecule has 0 spiro atoms. The molecule has 1 aliphatic heterocycles. The molecule has 8 nitrogen and oxygen atoms in total. The van der Waals surface area contributed by atoms with Gasteiger partial charge in [0.15, 0.2) is 0 Å². The largest absolute Gasteiger partial charge is 0.480 e. The third-order valence-corrected chi connectivity index (χ3v) is 6.07. The first-order chi connectivity index (χ1) is 16.7. The minimum Gasteiger partial charge on any atom is -0.480 e. The fourth-order valence-electron chi connectivity index (χ4n) is 4.22. The monoisotopic (exact) mass is 504 g/mol. The number of aliphatic carboxylic acids is 1. The smallest absolute Gasteiger partial charge is 0.410 e. The van der Waals surface area contributed by atoms with Crippen LogP contribution in [0, 0.1) is 5.92 Å². The van der Waals surface area contributed by atoms with Crippen LogP contribution in [-0.4, -0.2) is 58.5 Å². The predicted octanol–water partition coefficient (Wildman–Crippen LogP) is 5.98. The van der Waals surface area contributed by atoms with Gasteiger partial charge in [-0.2, -0.15) is 0 Å². The molecule has 36 heavy (non-hydrogen) atoms. The molecular weight excluding hydrogens is 460 g/mol. The quantitative estimate of drug-likeness (QED) is 0.442. The fourth-order valence-corrected chi connectivity index (χ4v) is 4.22. The third-order valence-electron chi connectivity index (χ3n) is 6.07. The van der Waals surface area contributed by atoms with Gasteiger partial charge in [-0.15, -0.1) is 0 Å². The van der Waals surface area contributed by atoms with E-state index in [0.717, 1.165) is 57.2 Å². The van der Waals surface area contributed by atoms with Crippen molar-refractivity contribution in [3.8, 4) is 0 Å². The number of carbonyl (C=O) groups excluding carboxylic acids is 2. The number of piperidine rings is 1. The zero-order valence-electron chi connectivity index (χ0n) is 22.8. The highest BCUT2D eigenvalue weighted by Gasteiger charge is 2.27. The van der Waals surface area contributed by atoms with E-state index < -0.39 is 29.3 Å². The molecule has 1 heterocycles. The normalized spacial score (nSPS) is 22.1. The van der Waals surface area contributed by atoms with Gasteiger partial charge in [-0.3, -0.25) is 0 Å². The summed E-state index contributed by atoms with van der Waals surface area (Å²) in [6.07, 6.45) is 13.1. The molecule has 0 radical (unpaired) electrons. The van der Waals surface area contributed by atoms with Gasteiger partial charge >= 0.3 is 18.2 Å². The number of alkyl carbamates (subject to hydrolysis) is 1. The van der Waals surface area contributed by atoms with Gasteiger partial charge < -0.3 is 24.8 Å². The highest BCUT2D eigenvalue weighted by Crippen LogP contribution is 2.27. The molecule has 0 aromatic rings. The highest BCUT2D eigenvalue weighted by molar-refractivity contribution is 5.80. The highest BCUT2D eigenvalue weighted by atomic mass is 16.6. The zero-order chi connectivity index (χ0) is 26.9. The summed E-state index contributed by atoms with van der Waals surface area (Å²) in [5.74, 6) is -0.525. The Hall–Kier alpha value is -2.77. The van der Waals surface area contributed by atoms with Gasteiger partial charge in [0.05, 0.1) is 0 Å². The van der Waals surface area contributed by atoms with Crippen LogP contribution in [0.5, 0.6) is 0 Å². The van der Waals surface area contributed by atoms with Crippen molar-refractivity contribution in [3.63, 3.8) is 0 Å². The first-order valence-corrected chi connectivity index (χ1v) is 13.0. The molecule has 2 N–H and O–H groups in total. The van der Waals surface area contributed by atoms with E-state index in [2.05, 4.69) is 17.5 Å². The molecule has 0 unspecified atom stereocenters. The molecule has 0 aromatic heterocycles. The van der Waals surface area contributed by atoms with E-state index in [1.165, 1.54) is 5.57 Å². The van der Waals surface area contributed by atoms with Gasteiger partial charge in [0.2, 0.25) is 0 Å². The molecule has 2 rings (SSSR count). The second-order valence-corrected chi connectivity index (χ2v) is 11.7. The van der Waals surface area contributed by atoms with Crippen LogP contribution in [0.2, 0.25) is 0 Å². The molecule has 2 aliphatic rings. The lowest BCUT2D eigenvalue weighted by molar-refractivity contribution is -0.139. The molecule has 0 saturated carbocycles. The first-order valence-electron chi connectivity index (χ1n) is 13.0. The Morgan fingerprint density at radius 2 is 1.69 bits per heavy atom. The summed E-state index contributed by atoms with van der Waals surface area (Å²) in [4.78, 5) is 37.9. The van der Waals surface area contributed by atoms with Crippen molar-refractivity contribution >= 4 is 18.2 Å². The maximum atomic E-state index is 12.3. The molecular formula is C28H44N2O6. The summed E-state index contributed by atoms with van der Waals surface area (Å²) in [5.41, 5.74) is 1.01. The van der Waals surface area contributed by atoms with Crippen molar-refractivity contribution in [2.24, 2.45) is 5.92 Å². The molecule has 202 valence electrons. The topological polar surface area (TPSA) is 105 Å². The van der Waals surface area contributed by atoms with E-state index in [1.54, 1.807) is 25.7 Å². The lowest BCUT2D eigenvalue weighted by Crippen LogP contribution is -2.43. The maximum Gasteiger partial charge on any atom is 0.410 e. The van der Waals surface area contributed by atoms with Crippen LogP contribution in [0.1, 0.15) is 86.5 Å². The van der Waals surface area contributed by atoms with Crippen LogP contribution >= 0.6 is 0 Å². The van der Waals surface area contributed by atoms with E-state index in [9.17, 15) is 19.5 Å². The number of hydrogen-bond donors (Lipinski definition) is 2. The Kier molecular flexibility index (Phi) is 10.6. The second-order valence-electron chi connectivity index (χ2n) is 11.7. The van der Waals surface area contributed by atoms with Crippen LogP contribution in [0.4, 0.5) is 9.59 Å². The molecule has 2 amide bonds. The third kappa shape index (κ3) is 11.3. The van der Waals surface area contributed by atoms with Gasteiger partial charge in [-0.25, -0.2) is 14.4 Å². The van der Waals surface area contributed by atoms with Crippen molar-refractivity contribution in [2.75, 3.05) is 13.1 Å². The number of rotatable bonds is 7. The Morgan fingerprint density at radius 3 is 2.28 bits per heavy atom. The van der Waals surface area contributed by atoms with Crippen LogP contribution in [-0.2, 0) is 14.3 Å².